The van der Waals surface area contributed by atoms with Gasteiger partial charge in [0.2, 0.25) is 0 Å². The summed E-state index contributed by atoms with van der Waals surface area (Å²) in [6.45, 7) is 9.74. The first-order chi connectivity index (χ1) is 10.6. The van der Waals surface area contributed by atoms with E-state index in [0.29, 0.717) is 25.0 Å². The lowest BCUT2D eigenvalue weighted by atomic mass is 9.86. The van der Waals surface area contributed by atoms with Gasteiger partial charge in [0.25, 0.3) is 0 Å². The van der Waals surface area contributed by atoms with Crippen LogP contribution in [-0.4, -0.2) is 27.4 Å². The van der Waals surface area contributed by atoms with Crippen LogP contribution >= 0.6 is 0 Å². The molecule has 1 aromatic rings. The molecule has 3 nitrogen and oxygen atoms in total. The SMILES string of the molecule is C=CC[C@H](Cc1ccc(OC)c(OCCCOC)c1)C(C)C. The predicted molar refractivity (Wildman–Crippen MR) is 91.8 cm³/mol. The minimum Gasteiger partial charge on any atom is -0.493 e. The Bertz CT molecular complexity index is 440. The molecule has 3 heteroatoms. The molecule has 0 spiro atoms. The maximum Gasteiger partial charge on any atom is 0.161 e. The van der Waals surface area contributed by atoms with Crippen LogP contribution in [0.25, 0.3) is 0 Å². The molecule has 0 fully saturated rings. The second-order valence-electron chi connectivity index (χ2n) is 5.91. The molecule has 0 aromatic heterocycles. The largest absolute Gasteiger partial charge is 0.493 e. The summed E-state index contributed by atoms with van der Waals surface area (Å²) >= 11 is 0. The first-order valence-electron chi connectivity index (χ1n) is 8.01. The zero-order valence-electron chi connectivity index (χ0n) is 14.4. The van der Waals surface area contributed by atoms with Gasteiger partial charge >= 0.3 is 0 Å². The first-order valence-corrected chi connectivity index (χ1v) is 8.01. The van der Waals surface area contributed by atoms with Crippen LogP contribution in [0.3, 0.4) is 0 Å². The molecule has 0 heterocycles. The van der Waals surface area contributed by atoms with Crippen LogP contribution in [0.2, 0.25) is 0 Å². The van der Waals surface area contributed by atoms with Gasteiger partial charge in [-0.25, -0.2) is 0 Å². The fourth-order valence-corrected chi connectivity index (χ4v) is 2.45. The molecule has 0 N–H and O–H groups in total. The monoisotopic (exact) mass is 306 g/mol. The Morgan fingerprint density at radius 3 is 2.50 bits per heavy atom. The maximum atomic E-state index is 5.85. The second kappa shape index (κ2) is 10.3. The van der Waals surface area contributed by atoms with Gasteiger partial charge in [0.15, 0.2) is 11.5 Å². The Labute approximate surface area is 135 Å². The van der Waals surface area contributed by atoms with E-state index in [1.807, 2.05) is 12.1 Å². The quantitative estimate of drug-likeness (QED) is 0.445. The van der Waals surface area contributed by atoms with Crippen molar-refractivity contribution in [2.45, 2.75) is 33.1 Å². The van der Waals surface area contributed by atoms with Crippen LogP contribution in [0.15, 0.2) is 30.9 Å². The summed E-state index contributed by atoms with van der Waals surface area (Å²) in [6, 6.07) is 6.22. The summed E-state index contributed by atoms with van der Waals surface area (Å²) in [5.74, 6) is 2.83. The van der Waals surface area contributed by atoms with Crippen LogP contribution in [0.5, 0.6) is 11.5 Å². The van der Waals surface area contributed by atoms with E-state index in [9.17, 15) is 0 Å². The van der Waals surface area contributed by atoms with Gasteiger partial charge < -0.3 is 14.2 Å². The highest BCUT2D eigenvalue weighted by Crippen LogP contribution is 2.30. The normalized spacial score (nSPS) is 12.2. The summed E-state index contributed by atoms with van der Waals surface area (Å²) in [5, 5.41) is 0. The minimum atomic E-state index is 0.604. The van der Waals surface area contributed by atoms with Gasteiger partial charge in [-0.3, -0.25) is 0 Å². The third-order valence-corrected chi connectivity index (χ3v) is 3.89. The topological polar surface area (TPSA) is 27.7 Å². The number of ether oxygens (including phenoxy) is 3. The highest BCUT2D eigenvalue weighted by molar-refractivity contribution is 5.43. The Morgan fingerprint density at radius 1 is 1.14 bits per heavy atom. The highest BCUT2D eigenvalue weighted by Gasteiger charge is 2.14. The lowest BCUT2D eigenvalue weighted by Gasteiger charge is -2.20. The highest BCUT2D eigenvalue weighted by atomic mass is 16.5. The Balaban J connectivity index is 2.77. The molecule has 0 bridgehead atoms. The number of hydrogen-bond acceptors (Lipinski definition) is 3. The third kappa shape index (κ3) is 6.10. The van der Waals surface area contributed by atoms with Gasteiger partial charge in [-0.05, 0) is 42.4 Å². The zero-order chi connectivity index (χ0) is 16.4. The Kier molecular flexibility index (Phi) is 8.68. The fraction of sp³-hybridized carbons (Fsp3) is 0.579. The third-order valence-electron chi connectivity index (χ3n) is 3.89. The van der Waals surface area contributed by atoms with Crippen LogP contribution in [0.1, 0.15) is 32.3 Å². The van der Waals surface area contributed by atoms with E-state index in [1.165, 1.54) is 5.56 Å². The lowest BCUT2D eigenvalue weighted by molar-refractivity contribution is 0.170. The van der Waals surface area contributed by atoms with Crippen LogP contribution in [0, 0.1) is 11.8 Å². The van der Waals surface area contributed by atoms with Crippen molar-refractivity contribution in [1.29, 1.82) is 0 Å². The molecule has 1 rings (SSSR count). The molecule has 22 heavy (non-hydrogen) atoms. The zero-order valence-corrected chi connectivity index (χ0v) is 14.4. The van der Waals surface area contributed by atoms with Gasteiger partial charge in [0, 0.05) is 20.1 Å². The molecule has 0 aliphatic heterocycles. The van der Waals surface area contributed by atoms with Crippen molar-refractivity contribution in [3.05, 3.63) is 36.4 Å². The average Bonchev–Trinajstić information content (AvgIpc) is 2.51. The van der Waals surface area contributed by atoms with E-state index < -0.39 is 0 Å². The van der Waals surface area contributed by atoms with E-state index in [4.69, 9.17) is 14.2 Å². The van der Waals surface area contributed by atoms with E-state index in [1.54, 1.807) is 14.2 Å². The first kappa shape index (κ1) is 18.6. The fourth-order valence-electron chi connectivity index (χ4n) is 2.45. The second-order valence-corrected chi connectivity index (χ2v) is 5.91. The molecule has 124 valence electrons. The maximum absolute atomic E-state index is 5.85. The van der Waals surface area contributed by atoms with Crippen molar-refractivity contribution in [2.24, 2.45) is 11.8 Å². The lowest BCUT2D eigenvalue weighted by Crippen LogP contribution is -2.11. The van der Waals surface area contributed by atoms with E-state index in [-0.39, 0.29) is 0 Å². The molecule has 0 saturated carbocycles. The summed E-state index contributed by atoms with van der Waals surface area (Å²) in [6.07, 6.45) is 4.95. The van der Waals surface area contributed by atoms with Crippen molar-refractivity contribution in [3.8, 4) is 11.5 Å². The van der Waals surface area contributed by atoms with E-state index in [0.717, 1.165) is 30.8 Å². The summed E-state index contributed by atoms with van der Waals surface area (Å²) in [7, 11) is 3.37. The molecule has 0 radical (unpaired) electrons. The van der Waals surface area contributed by atoms with E-state index in [2.05, 4.69) is 32.6 Å². The van der Waals surface area contributed by atoms with Crippen LogP contribution in [0.4, 0.5) is 0 Å². The van der Waals surface area contributed by atoms with Crippen molar-refractivity contribution < 1.29 is 14.2 Å². The van der Waals surface area contributed by atoms with Crippen molar-refractivity contribution in [2.75, 3.05) is 27.4 Å². The molecule has 0 saturated heterocycles. The molecule has 0 unspecified atom stereocenters. The van der Waals surface area contributed by atoms with Crippen LogP contribution in [-0.2, 0) is 11.2 Å². The number of methoxy groups -OCH3 is 2. The summed E-state index contributed by atoms with van der Waals surface area (Å²) < 4.78 is 16.3. The number of allylic oxidation sites excluding steroid dienone is 1. The van der Waals surface area contributed by atoms with Crippen molar-refractivity contribution in [3.63, 3.8) is 0 Å². The van der Waals surface area contributed by atoms with Gasteiger partial charge in [-0.2, -0.15) is 0 Å². The van der Waals surface area contributed by atoms with Crippen LogP contribution < -0.4 is 9.47 Å². The number of rotatable bonds is 11. The molecule has 0 aliphatic carbocycles. The minimum absolute atomic E-state index is 0.604. The van der Waals surface area contributed by atoms with Gasteiger partial charge in [0.05, 0.1) is 13.7 Å². The average molecular weight is 306 g/mol. The number of hydrogen-bond donors (Lipinski definition) is 0. The summed E-state index contributed by atoms with van der Waals surface area (Å²) in [5.41, 5.74) is 1.28. The molecule has 1 aromatic carbocycles. The number of benzene rings is 1. The van der Waals surface area contributed by atoms with E-state index >= 15 is 0 Å². The Hall–Kier alpha value is -1.48. The standard InChI is InChI=1S/C19H30O3/c1-6-8-17(15(2)3)13-16-9-10-18(21-5)19(14-16)22-12-7-11-20-4/h6,9-10,14-15,17H,1,7-8,11-13H2,2-5H3/t17-/m1/s1. The molecular formula is C19H30O3. The molecule has 1 atom stereocenters. The molecular weight excluding hydrogens is 276 g/mol. The summed E-state index contributed by atoms with van der Waals surface area (Å²) in [4.78, 5) is 0. The van der Waals surface area contributed by atoms with Crippen molar-refractivity contribution in [1.82, 2.24) is 0 Å². The predicted octanol–water partition coefficient (Wildman–Crippen LogP) is 4.50. The Morgan fingerprint density at radius 2 is 1.91 bits per heavy atom. The van der Waals surface area contributed by atoms with Crippen molar-refractivity contribution >= 4 is 0 Å². The molecule has 0 aliphatic rings. The molecule has 0 amide bonds. The van der Waals surface area contributed by atoms with Gasteiger partial charge in [-0.15, -0.1) is 6.58 Å². The van der Waals surface area contributed by atoms with Gasteiger partial charge in [0.1, 0.15) is 0 Å². The van der Waals surface area contributed by atoms with Gasteiger partial charge in [-0.1, -0.05) is 26.0 Å². The smallest absolute Gasteiger partial charge is 0.161 e.